The molecule has 1 rings (SSSR count). The molecule has 0 aromatic carbocycles. The van der Waals surface area contributed by atoms with E-state index in [4.69, 9.17) is 9.47 Å². The van der Waals surface area contributed by atoms with Crippen molar-refractivity contribution in [3.8, 4) is 0 Å². The van der Waals surface area contributed by atoms with Gasteiger partial charge in [0, 0.05) is 20.5 Å². The third-order valence-electron chi connectivity index (χ3n) is 1.85. The highest BCUT2D eigenvalue weighted by Crippen LogP contribution is 2.16. The van der Waals surface area contributed by atoms with Crippen molar-refractivity contribution in [3.05, 3.63) is 11.8 Å². The van der Waals surface area contributed by atoms with Crippen LogP contribution < -0.4 is 5.32 Å². The van der Waals surface area contributed by atoms with E-state index in [1.807, 2.05) is 0 Å². The molecule has 0 saturated carbocycles. The molecule has 0 spiro atoms. The van der Waals surface area contributed by atoms with Gasteiger partial charge in [-0.25, -0.2) is 0 Å². The minimum absolute atomic E-state index is 0.145. The van der Waals surface area contributed by atoms with Crippen LogP contribution in [0.2, 0.25) is 0 Å². The lowest BCUT2D eigenvalue weighted by atomic mass is 10.1. The normalized spacial score (nSPS) is 26.0. The van der Waals surface area contributed by atoms with Gasteiger partial charge in [0.25, 0.3) is 0 Å². The predicted molar refractivity (Wildman–Crippen MR) is 48.3 cm³/mol. The van der Waals surface area contributed by atoms with Crippen molar-refractivity contribution in [1.82, 2.24) is 5.32 Å². The number of hydrogen-bond donors (Lipinski definition) is 1. The molecule has 1 heterocycles. The summed E-state index contributed by atoms with van der Waals surface area (Å²) in [7, 11) is 1.49. The number of nitrogens with one attached hydrogen (secondary N) is 1. The van der Waals surface area contributed by atoms with Gasteiger partial charge in [0.05, 0.1) is 6.04 Å². The van der Waals surface area contributed by atoms with Gasteiger partial charge >= 0.3 is 0 Å². The highest BCUT2D eigenvalue weighted by molar-refractivity contribution is 5.74. The molecule has 1 amide bonds. The van der Waals surface area contributed by atoms with Gasteiger partial charge in [-0.1, -0.05) is 0 Å². The number of aldehydes is 1. The van der Waals surface area contributed by atoms with E-state index in [0.29, 0.717) is 12.7 Å². The van der Waals surface area contributed by atoms with Gasteiger partial charge in [-0.15, -0.1) is 0 Å². The second kappa shape index (κ2) is 4.76. The van der Waals surface area contributed by atoms with Crippen LogP contribution in [-0.4, -0.2) is 31.6 Å². The number of methoxy groups -OCH3 is 1. The molecule has 0 aromatic rings. The highest BCUT2D eigenvalue weighted by atomic mass is 16.7. The molecule has 0 aromatic heterocycles. The van der Waals surface area contributed by atoms with Gasteiger partial charge in [0.1, 0.15) is 0 Å². The molecule has 1 N–H and O–H groups in total. The Hall–Kier alpha value is -1.36. The van der Waals surface area contributed by atoms with Crippen LogP contribution in [0.4, 0.5) is 0 Å². The Morgan fingerprint density at radius 2 is 2.50 bits per heavy atom. The maximum Gasteiger partial charge on any atom is 0.217 e. The van der Waals surface area contributed by atoms with Gasteiger partial charge in [-0.3, -0.25) is 9.59 Å². The SMILES string of the molecule is CO[C@@H]1C[C@H](NC(C)=O)C=C(C=O)O1. The lowest BCUT2D eigenvalue weighted by Gasteiger charge is -2.26. The first-order valence-corrected chi connectivity index (χ1v) is 4.29. The first kappa shape index (κ1) is 10.7. The second-order valence-electron chi connectivity index (χ2n) is 3.01. The summed E-state index contributed by atoms with van der Waals surface area (Å²) in [6, 6.07) is -0.202. The smallest absolute Gasteiger partial charge is 0.217 e. The minimum Gasteiger partial charge on any atom is -0.462 e. The van der Waals surface area contributed by atoms with E-state index in [9.17, 15) is 9.59 Å². The number of amides is 1. The van der Waals surface area contributed by atoms with E-state index < -0.39 is 6.29 Å². The standard InChI is InChI=1S/C9H13NO4/c1-6(12)10-7-3-8(5-11)14-9(4-7)13-2/h3,5,7,9H,4H2,1-2H3,(H,10,12)/t7-,9+/m1/s1. The van der Waals surface area contributed by atoms with E-state index in [0.717, 1.165) is 0 Å². The molecule has 0 aliphatic carbocycles. The molecule has 1 aliphatic heterocycles. The number of carbonyl (C=O) groups is 2. The number of ether oxygens (including phenoxy) is 2. The van der Waals surface area contributed by atoms with E-state index in [2.05, 4.69) is 5.32 Å². The molecule has 0 unspecified atom stereocenters. The van der Waals surface area contributed by atoms with E-state index in [-0.39, 0.29) is 17.7 Å². The van der Waals surface area contributed by atoms with Crippen LogP contribution in [0, 0.1) is 0 Å². The van der Waals surface area contributed by atoms with Crippen molar-refractivity contribution in [1.29, 1.82) is 0 Å². The molecule has 2 atom stereocenters. The van der Waals surface area contributed by atoms with Gasteiger partial charge in [0.2, 0.25) is 12.2 Å². The summed E-state index contributed by atoms with van der Waals surface area (Å²) in [6.45, 7) is 1.42. The van der Waals surface area contributed by atoms with E-state index in [1.165, 1.54) is 14.0 Å². The van der Waals surface area contributed by atoms with Gasteiger partial charge in [0.15, 0.2) is 12.0 Å². The van der Waals surface area contributed by atoms with Crippen molar-refractivity contribution in [2.75, 3.05) is 7.11 Å². The topological polar surface area (TPSA) is 64.6 Å². The largest absolute Gasteiger partial charge is 0.462 e. The fraction of sp³-hybridized carbons (Fsp3) is 0.556. The highest BCUT2D eigenvalue weighted by Gasteiger charge is 2.23. The van der Waals surface area contributed by atoms with Gasteiger partial charge in [-0.05, 0) is 6.08 Å². The lowest BCUT2D eigenvalue weighted by Crippen LogP contribution is -2.38. The van der Waals surface area contributed by atoms with E-state index >= 15 is 0 Å². The third-order valence-corrected chi connectivity index (χ3v) is 1.85. The zero-order valence-corrected chi connectivity index (χ0v) is 8.15. The summed E-state index contributed by atoms with van der Waals surface area (Å²) in [5.41, 5.74) is 0. The molecule has 1 aliphatic rings. The Kier molecular flexibility index (Phi) is 3.64. The fourth-order valence-corrected chi connectivity index (χ4v) is 1.29. The first-order valence-electron chi connectivity index (χ1n) is 4.29. The number of rotatable bonds is 3. The summed E-state index contributed by atoms with van der Waals surface area (Å²) in [5.74, 6) is 0.0510. The van der Waals surface area contributed by atoms with Crippen LogP contribution in [-0.2, 0) is 19.1 Å². The van der Waals surface area contributed by atoms with Crippen molar-refractivity contribution in [3.63, 3.8) is 0 Å². The molecule has 5 heteroatoms. The quantitative estimate of drug-likeness (QED) is 0.648. The average Bonchev–Trinajstić information content (AvgIpc) is 2.16. The molecule has 14 heavy (non-hydrogen) atoms. The minimum atomic E-state index is -0.475. The summed E-state index contributed by atoms with van der Waals surface area (Å²) >= 11 is 0. The summed E-state index contributed by atoms with van der Waals surface area (Å²) in [5, 5.41) is 2.68. The zero-order valence-electron chi connectivity index (χ0n) is 8.15. The maximum absolute atomic E-state index is 10.8. The third kappa shape index (κ3) is 2.85. The summed E-state index contributed by atoms with van der Waals surface area (Å²) < 4.78 is 10.1. The molecule has 0 saturated heterocycles. The monoisotopic (exact) mass is 199 g/mol. The zero-order chi connectivity index (χ0) is 10.6. The van der Waals surface area contributed by atoms with Crippen LogP contribution in [0.5, 0.6) is 0 Å². The summed E-state index contributed by atoms with van der Waals surface area (Å²) in [4.78, 5) is 21.3. The van der Waals surface area contributed by atoms with Crippen LogP contribution in [0.3, 0.4) is 0 Å². The second-order valence-corrected chi connectivity index (χ2v) is 3.01. The molecule has 0 fully saturated rings. The van der Waals surface area contributed by atoms with Crippen molar-refractivity contribution < 1.29 is 19.1 Å². The van der Waals surface area contributed by atoms with Crippen LogP contribution in [0.15, 0.2) is 11.8 Å². The van der Waals surface area contributed by atoms with Crippen molar-refractivity contribution >= 4 is 12.2 Å². The molecule has 0 bridgehead atoms. The molecular weight excluding hydrogens is 186 g/mol. The maximum atomic E-state index is 10.8. The first-order chi connectivity index (χ1) is 6.65. The van der Waals surface area contributed by atoms with Crippen LogP contribution >= 0.6 is 0 Å². The van der Waals surface area contributed by atoms with Crippen LogP contribution in [0.25, 0.3) is 0 Å². The molecule has 0 radical (unpaired) electrons. The van der Waals surface area contributed by atoms with Crippen molar-refractivity contribution in [2.24, 2.45) is 0 Å². The van der Waals surface area contributed by atoms with Crippen LogP contribution in [0.1, 0.15) is 13.3 Å². The lowest BCUT2D eigenvalue weighted by molar-refractivity contribution is -0.131. The molecular formula is C9H13NO4. The Labute approximate surface area is 82.1 Å². The number of allylic oxidation sites excluding steroid dienone is 1. The average molecular weight is 199 g/mol. The Morgan fingerprint density at radius 3 is 3.00 bits per heavy atom. The predicted octanol–water partition coefficient (Wildman–Crippen LogP) is -0.0333. The fourth-order valence-electron chi connectivity index (χ4n) is 1.29. The Morgan fingerprint density at radius 1 is 1.79 bits per heavy atom. The number of hydrogen-bond acceptors (Lipinski definition) is 4. The Bertz CT molecular complexity index is 262. The van der Waals surface area contributed by atoms with Gasteiger partial charge in [-0.2, -0.15) is 0 Å². The van der Waals surface area contributed by atoms with Crippen molar-refractivity contribution in [2.45, 2.75) is 25.7 Å². The Balaban J connectivity index is 2.66. The number of carbonyl (C=O) groups excluding carboxylic acids is 2. The molecule has 78 valence electrons. The summed E-state index contributed by atoms with van der Waals surface area (Å²) in [6.07, 6.45) is 2.20. The van der Waals surface area contributed by atoms with Gasteiger partial charge < -0.3 is 14.8 Å². The molecule has 5 nitrogen and oxygen atoms in total. The van der Waals surface area contributed by atoms with E-state index in [1.54, 1.807) is 6.08 Å².